The van der Waals surface area contributed by atoms with E-state index in [4.69, 9.17) is 0 Å². The van der Waals surface area contributed by atoms with Gasteiger partial charge in [-0.15, -0.1) is 0 Å². The van der Waals surface area contributed by atoms with Gasteiger partial charge >= 0.3 is 0 Å². The number of aromatic nitrogens is 4. The monoisotopic (exact) mass is 572 g/mol. The lowest BCUT2D eigenvalue weighted by Crippen LogP contribution is -2.33. The molecule has 0 amide bonds. The number of para-hydroxylation sites is 2. The van der Waals surface area contributed by atoms with Crippen molar-refractivity contribution >= 4 is 60.4 Å². The number of nitrogens with zero attached hydrogens (tertiary/aromatic N) is 4. The Balaban J connectivity index is 0.000000248. The fraction of sp³-hybridized carbons (Fsp3) is 0.167. The average Bonchev–Trinajstić information content (AvgIpc) is 3.47. The molecule has 0 N–H and O–H groups in total. The molecule has 0 aliphatic carbocycles. The lowest BCUT2D eigenvalue weighted by molar-refractivity contribution is -0.665. The second kappa shape index (κ2) is 10.8. The molecule has 0 atom stereocenters. The van der Waals surface area contributed by atoms with E-state index < -0.39 is 10.1 Å². The topological polar surface area (TPSA) is 100 Å². The minimum atomic E-state index is -4.27. The zero-order valence-electron chi connectivity index (χ0n) is 22.5. The van der Waals surface area contributed by atoms with Crippen molar-refractivity contribution in [1.29, 1.82) is 0 Å². The molecule has 6 aromatic rings. The zero-order valence-corrected chi connectivity index (χ0v) is 24.2. The third-order valence-corrected chi connectivity index (χ3v) is 8.72. The third kappa shape index (κ3) is 5.08. The highest BCUT2D eigenvalue weighted by molar-refractivity contribution is 7.85. The van der Waals surface area contributed by atoms with Crippen LogP contribution in [0.15, 0.2) is 82.5 Å². The van der Waals surface area contributed by atoms with E-state index in [2.05, 4.69) is 57.6 Å². The fourth-order valence-electron chi connectivity index (χ4n) is 4.72. The maximum absolute atomic E-state index is 13.0. The van der Waals surface area contributed by atoms with Crippen LogP contribution in [0.2, 0.25) is 0 Å². The van der Waals surface area contributed by atoms with Crippen LogP contribution in [0.25, 0.3) is 38.9 Å². The molecule has 0 fully saturated rings. The van der Waals surface area contributed by atoms with Crippen LogP contribution >= 0.6 is 11.3 Å². The molecule has 0 saturated carbocycles. The van der Waals surface area contributed by atoms with E-state index in [0.717, 1.165) is 34.5 Å². The first kappa shape index (κ1) is 27.4. The number of hydrogen-bond acceptors (Lipinski definition) is 6. The Bertz CT molecular complexity index is 2070. The quantitative estimate of drug-likeness (QED) is 0.217. The van der Waals surface area contributed by atoms with E-state index in [0.29, 0.717) is 5.39 Å². The van der Waals surface area contributed by atoms with Gasteiger partial charge in [0.2, 0.25) is 5.52 Å². The van der Waals surface area contributed by atoms with Gasteiger partial charge in [-0.2, -0.15) is 14.2 Å². The SMILES string of the molecule is CC[n+]1c(C=Cc2c(C)nn3c(=O)c4ccccc4n(C)c23)sc2ccccc21.Cc1ccc(S(=O)(=O)[O-])cc1. The van der Waals surface area contributed by atoms with Crippen LogP contribution in [-0.4, -0.2) is 27.2 Å². The molecule has 0 spiro atoms. The zero-order chi connectivity index (χ0) is 28.6. The largest absolute Gasteiger partial charge is 0.744 e. The van der Waals surface area contributed by atoms with E-state index in [1.165, 1.54) is 31.9 Å². The number of aryl methyl sites for hydroxylation is 4. The second-order valence-electron chi connectivity index (χ2n) is 9.37. The molecule has 0 aliphatic heterocycles. The van der Waals surface area contributed by atoms with Gasteiger partial charge in [0, 0.05) is 24.8 Å². The van der Waals surface area contributed by atoms with Gasteiger partial charge in [0.1, 0.15) is 27.0 Å². The molecule has 6 rings (SSSR count). The Labute approximate surface area is 235 Å². The van der Waals surface area contributed by atoms with Crippen molar-refractivity contribution < 1.29 is 17.5 Å². The summed E-state index contributed by atoms with van der Waals surface area (Å²) in [6, 6.07) is 21.9. The summed E-state index contributed by atoms with van der Waals surface area (Å²) >= 11 is 1.77. The molecule has 3 heterocycles. The standard InChI is InChI=1S/C23H21N4OS.C7H8O3S/c1-4-26-19-11-7-8-12-20(19)29-21(26)14-13-16-15(2)24-27-22(16)25(3)18-10-6-5-9-17(18)23(27)28;1-6-2-4-7(5-3-6)11(8,9)10/h5-14H,4H2,1-3H3;2-5H,1H3,(H,8,9,10)/q+1;/p-1. The van der Waals surface area contributed by atoms with Crippen molar-refractivity contribution in [2.75, 3.05) is 0 Å². The van der Waals surface area contributed by atoms with Gasteiger partial charge in [0.25, 0.3) is 10.6 Å². The molecule has 204 valence electrons. The Morgan fingerprint density at radius 3 is 2.35 bits per heavy atom. The summed E-state index contributed by atoms with van der Waals surface area (Å²) in [5.41, 5.74) is 5.62. The van der Waals surface area contributed by atoms with Gasteiger partial charge in [-0.1, -0.05) is 53.3 Å². The maximum atomic E-state index is 13.0. The Morgan fingerprint density at radius 2 is 1.65 bits per heavy atom. The van der Waals surface area contributed by atoms with Crippen molar-refractivity contribution in [2.24, 2.45) is 7.05 Å². The summed E-state index contributed by atoms with van der Waals surface area (Å²) < 4.78 is 38.3. The molecule has 0 bridgehead atoms. The second-order valence-corrected chi connectivity index (χ2v) is 11.8. The normalized spacial score (nSPS) is 11.9. The molecule has 0 unspecified atom stereocenters. The predicted molar refractivity (Wildman–Crippen MR) is 158 cm³/mol. The van der Waals surface area contributed by atoms with Crippen molar-refractivity contribution in [3.05, 3.63) is 105 Å². The summed E-state index contributed by atoms with van der Waals surface area (Å²) in [7, 11) is -2.28. The van der Waals surface area contributed by atoms with Crippen LogP contribution in [0, 0.1) is 13.8 Å². The van der Waals surface area contributed by atoms with E-state index in [9.17, 15) is 17.8 Å². The minimum absolute atomic E-state index is 0.0815. The highest BCUT2D eigenvalue weighted by Gasteiger charge is 2.18. The highest BCUT2D eigenvalue weighted by atomic mass is 32.2. The molecule has 0 radical (unpaired) electrons. The van der Waals surface area contributed by atoms with Crippen molar-refractivity contribution in [1.82, 2.24) is 14.2 Å². The highest BCUT2D eigenvalue weighted by Crippen LogP contribution is 2.24. The molecule has 3 aromatic heterocycles. The lowest BCUT2D eigenvalue weighted by Gasteiger charge is -2.08. The predicted octanol–water partition coefficient (Wildman–Crippen LogP) is 5.09. The third-order valence-electron chi connectivity index (χ3n) is 6.74. The number of rotatable bonds is 4. The van der Waals surface area contributed by atoms with Gasteiger partial charge in [0.05, 0.1) is 21.5 Å². The van der Waals surface area contributed by atoms with Gasteiger partial charge in [-0.05, 0) is 57.2 Å². The summed E-state index contributed by atoms with van der Waals surface area (Å²) in [6.07, 6.45) is 4.22. The minimum Gasteiger partial charge on any atom is -0.744 e. The Morgan fingerprint density at radius 1 is 0.975 bits per heavy atom. The molecule has 40 heavy (non-hydrogen) atoms. The summed E-state index contributed by atoms with van der Waals surface area (Å²) in [5.74, 6) is 0. The van der Waals surface area contributed by atoms with Gasteiger partial charge in [-0.25, -0.2) is 8.42 Å². The summed E-state index contributed by atoms with van der Waals surface area (Å²) in [4.78, 5) is 12.8. The van der Waals surface area contributed by atoms with Gasteiger partial charge < -0.3 is 9.12 Å². The molecule has 8 nitrogen and oxygen atoms in total. The molecular formula is C30H28N4O4S2. The molecule has 0 aliphatic rings. The first-order chi connectivity index (χ1) is 19.1. The van der Waals surface area contributed by atoms with Gasteiger partial charge in [0.15, 0.2) is 0 Å². The van der Waals surface area contributed by atoms with Crippen LogP contribution in [0.1, 0.15) is 28.8 Å². The maximum Gasteiger partial charge on any atom is 0.282 e. The Kier molecular flexibility index (Phi) is 7.41. The van der Waals surface area contributed by atoms with E-state index in [-0.39, 0.29) is 10.5 Å². The fourth-order valence-corrected chi connectivity index (χ4v) is 6.32. The molecule has 3 aromatic carbocycles. The first-order valence-electron chi connectivity index (χ1n) is 12.7. The lowest BCUT2D eigenvalue weighted by atomic mass is 10.2. The number of fused-ring (bicyclic) bond motifs is 3. The van der Waals surface area contributed by atoms with E-state index in [1.54, 1.807) is 23.5 Å². The van der Waals surface area contributed by atoms with E-state index >= 15 is 0 Å². The molecule has 10 heteroatoms. The number of benzene rings is 3. The van der Waals surface area contributed by atoms with Crippen LogP contribution < -0.4 is 10.1 Å². The van der Waals surface area contributed by atoms with Crippen molar-refractivity contribution in [2.45, 2.75) is 32.2 Å². The van der Waals surface area contributed by atoms with Crippen LogP contribution in [-0.2, 0) is 23.7 Å². The Hall–Kier alpha value is -4.12. The van der Waals surface area contributed by atoms with Crippen LogP contribution in [0.4, 0.5) is 0 Å². The number of thiazole rings is 1. The van der Waals surface area contributed by atoms with Crippen molar-refractivity contribution in [3.63, 3.8) is 0 Å². The summed E-state index contributed by atoms with van der Waals surface area (Å²) in [5, 5.41) is 6.40. The van der Waals surface area contributed by atoms with Crippen LogP contribution in [0.3, 0.4) is 0 Å². The van der Waals surface area contributed by atoms with Crippen LogP contribution in [0.5, 0.6) is 0 Å². The number of hydrogen-bond donors (Lipinski definition) is 0. The van der Waals surface area contributed by atoms with Gasteiger partial charge in [-0.3, -0.25) is 4.79 Å². The molecule has 0 saturated heterocycles. The van der Waals surface area contributed by atoms with E-state index in [1.807, 2.05) is 45.2 Å². The van der Waals surface area contributed by atoms with Crippen molar-refractivity contribution in [3.8, 4) is 0 Å². The first-order valence-corrected chi connectivity index (χ1v) is 14.9. The summed E-state index contributed by atoms with van der Waals surface area (Å²) in [6.45, 7) is 6.84. The average molecular weight is 573 g/mol. The molecular weight excluding hydrogens is 544 g/mol. The smallest absolute Gasteiger partial charge is 0.282 e.